The number of rotatable bonds is 5. The Morgan fingerprint density at radius 1 is 1.33 bits per heavy atom. The van der Waals surface area contributed by atoms with Gasteiger partial charge in [-0.15, -0.1) is 11.3 Å². The smallest absolute Gasteiger partial charge is 0.261 e. The number of aryl methyl sites for hydroxylation is 1. The Hall–Kier alpha value is -0.920. The van der Waals surface area contributed by atoms with Crippen LogP contribution >= 0.6 is 11.3 Å². The van der Waals surface area contributed by atoms with Crippen LogP contribution in [0.2, 0.25) is 0 Å². The van der Waals surface area contributed by atoms with E-state index in [-0.39, 0.29) is 16.8 Å². The third-order valence-corrected chi connectivity index (χ3v) is 6.48. The fourth-order valence-electron chi connectivity index (χ4n) is 2.60. The summed E-state index contributed by atoms with van der Waals surface area (Å²) in [5, 5.41) is 2.69. The highest BCUT2D eigenvalue weighted by Crippen LogP contribution is 2.27. The second-order valence-electron chi connectivity index (χ2n) is 5.35. The molecule has 0 unspecified atom stereocenters. The lowest BCUT2D eigenvalue weighted by Crippen LogP contribution is -2.36. The highest BCUT2D eigenvalue weighted by atomic mass is 32.2. The molecule has 1 fully saturated rings. The maximum Gasteiger partial charge on any atom is 0.261 e. The van der Waals surface area contributed by atoms with Crippen molar-refractivity contribution >= 4 is 27.3 Å². The maximum absolute atomic E-state index is 12.5. The number of hydrogen-bond acceptors (Lipinski definition) is 4. The minimum Gasteiger partial charge on any atom is -0.352 e. The van der Waals surface area contributed by atoms with Crippen molar-refractivity contribution in [1.82, 2.24) is 10.0 Å². The van der Waals surface area contributed by atoms with Gasteiger partial charge >= 0.3 is 0 Å². The van der Waals surface area contributed by atoms with Crippen LogP contribution in [0, 0.1) is 6.92 Å². The van der Waals surface area contributed by atoms with Gasteiger partial charge in [-0.3, -0.25) is 4.79 Å². The van der Waals surface area contributed by atoms with Crippen LogP contribution in [-0.4, -0.2) is 26.9 Å². The van der Waals surface area contributed by atoms with Crippen molar-refractivity contribution in [3.63, 3.8) is 0 Å². The highest BCUT2D eigenvalue weighted by molar-refractivity contribution is 7.89. The second kappa shape index (κ2) is 6.89. The standard InChI is InChI=1S/C14H22N2O3S2/c1-3-15-14(17)12-9-13(10(2)20-12)21(18,19)16-11-7-5-4-6-8-11/h9,11,16H,3-8H2,1-2H3,(H,15,17). The average Bonchev–Trinajstić information content (AvgIpc) is 2.83. The fraction of sp³-hybridized carbons (Fsp3) is 0.643. The third-order valence-electron chi connectivity index (χ3n) is 3.65. The number of thiophene rings is 1. The maximum atomic E-state index is 12.5. The molecule has 1 aliphatic rings. The summed E-state index contributed by atoms with van der Waals surface area (Å²) in [6.45, 7) is 4.10. The zero-order valence-corrected chi connectivity index (χ0v) is 14.1. The lowest BCUT2D eigenvalue weighted by molar-refractivity contribution is 0.0959. The van der Waals surface area contributed by atoms with Gasteiger partial charge in [0, 0.05) is 17.5 Å². The van der Waals surface area contributed by atoms with E-state index in [4.69, 9.17) is 0 Å². The molecular formula is C14H22N2O3S2. The topological polar surface area (TPSA) is 75.3 Å². The molecule has 1 heterocycles. The van der Waals surface area contributed by atoms with E-state index in [1.807, 2.05) is 6.92 Å². The fourth-order valence-corrected chi connectivity index (χ4v) is 5.41. The van der Waals surface area contributed by atoms with Crippen molar-refractivity contribution in [2.24, 2.45) is 0 Å². The SMILES string of the molecule is CCNC(=O)c1cc(S(=O)(=O)NC2CCCCC2)c(C)s1. The lowest BCUT2D eigenvalue weighted by Gasteiger charge is -2.22. The van der Waals surface area contributed by atoms with Crippen molar-refractivity contribution in [3.8, 4) is 0 Å². The zero-order valence-electron chi connectivity index (χ0n) is 12.4. The predicted molar refractivity (Wildman–Crippen MR) is 84.3 cm³/mol. The van der Waals surface area contributed by atoms with E-state index in [9.17, 15) is 13.2 Å². The highest BCUT2D eigenvalue weighted by Gasteiger charge is 2.26. The van der Waals surface area contributed by atoms with Crippen LogP contribution in [0.3, 0.4) is 0 Å². The second-order valence-corrected chi connectivity index (χ2v) is 8.29. The van der Waals surface area contributed by atoms with Gasteiger partial charge in [-0.25, -0.2) is 13.1 Å². The molecular weight excluding hydrogens is 308 g/mol. The minimum absolute atomic E-state index is 0.0240. The van der Waals surface area contributed by atoms with Gasteiger partial charge in [0.15, 0.2) is 0 Å². The van der Waals surface area contributed by atoms with Gasteiger partial charge in [-0.1, -0.05) is 19.3 Å². The molecule has 118 valence electrons. The van der Waals surface area contributed by atoms with E-state index < -0.39 is 10.0 Å². The molecule has 1 saturated carbocycles. The molecule has 0 atom stereocenters. The first-order valence-corrected chi connectivity index (χ1v) is 9.65. The largest absolute Gasteiger partial charge is 0.352 e. The normalized spacial score (nSPS) is 16.9. The molecule has 7 heteroatoms. The molecule has 0 bridgehead atoms. The number of carbonyl (C=O) groups excluding carboxylic acids is 1. The number of nitrogens with one attached hydrogen (secondary N) is 2. The summed E-state index contributed by atoms with van der Waals surface area (Å²) < 4.78 is 27.7. The molecule has 1 aromatic rings. The van der Waals surface area contributed by atoms with Gasteiger partial charge in [0.1, 0.15) is 0 Å². The summed E-state index contributed by atoms with van der Waals surface area (Å²) in [5.41, 5.74) is 0. The Balaban J connectivity index is 2.17. The Kier molecular flexibility index (Phi) is 5.40. The van der Waals surface area contributed by atoms with Crippen LogP contribution in [0.5, 0.6) is 0 Å². The van der Waals surface area contributed by atoms with Gasteiger partial charge in [-0.05, 0) is 32.8 Å². The Morgan fingerprint density at radius 3 is 2.62 bits per heavy atom. The summed E-state index contributed by atoms with van der Waals surface area (Å²) in [7, 11) is -3.54. The van der Waals surface area contributed by atoms with Crippen molar-refractivity contribution in [3.05, 3.63) is 15.8 Å². The van der Waals surface area contributed by atoms with Gasteiger partial charge in [0.2, 0.25) is 10.0 Å². The molecule has 0 spiro atoms. The first-order valence-electron chi connectivity index (χ1n) is 7.35. The molecule has 5 nitrogen and oxygen atoms in total. The summed E-state index contributed by atoms with van der Waals surface area (Å²) >= 11 is 1.22. The molecule has 21 heavy (non-hydrogen) atoms. The third kappa shape index (κ3) is 4.05. The van der Waals surface area contributed by atoms with Crippen molar-refractivity contribution in [1.29, 1.82) is 0 Å². The van der Waals surface area contributed by atoms with Crippen molar-refractivity contribution < 1.29 is 13.2 Å². The van der Waals surface area contributed by atoms with Crippen LogP contribution in [0.15, 0.2) is 11.0 Å². The molecule has 1 aliphatic carbocycles. The molecule has 0 aromatic carbocycles. The van der Waals surface area contributed by atoms with E-state index in [0.29, 0.717) is 16.3 Å². The van der Waals surface area contributed by atoms with Crippen molar-refractivity contribution in [2.75, 3.05) is 6.54 Å². The monoisotopic (exact) mass is 330 g/mol. The number of amides is 1. The quantitative estimate of drug-likeness (QED) is 0.870. The van der Waals surface area contributed by atoms with Crippen LogP contribution in [0.25, 0.3) is 0 Å². The predicted octanol–water partition coefficient (Wildman–Crippen LogP) is 2.42. The summed E-state index contributed by atoms with van der Waals surface area (Å²) in [4.78, 5) is 13.1. The Labute approximate surface area is 130 Å². The first kappa shape index (κ1) is 16.5. The van der Waals surface area contributed by atoms with Gasteiger partial charge in [0.25, 0.3) is 5.91 Å². The molecule has 1 amide bonds. The van der Waals surface area contributed by atoms with Gasteiger partial charge in [-0.2, -0.15) is 0 Å². The molecule has 0 radical (unpaired) electrons. The van der Waals surface area contributed by atoms with Crippen LogP contribution in [-0.2, 0) is 10.0 Å². The summed E-state index contributed by atoms with van der Waals surface area (Å²) in [5.74, 6) is -0.218. The Bertz CT molecular complexity index is 602. The minimum atomic E-state index is -3.54. The number of carbonyl (C=O) groups is 1. The van der Waals surface area contributed by atoms with Crippen LogP contribution < -0.4 is 10.0 Å². The van der Waals surface area contributed by atoms with E-state index in [2.05, 4.69) is 10.0 Å². The lowest BCUT2D eigenvalue weighted by atomic mass is 9.96. The van der Waals surface area contributed by atoms with E-state index >= 15 is 0 Å². The van der Waals surface area contributed by atoms with Gasteiger partial charge in [0.05, 0.1) is 9.77 Å². The molecule has 0 saturated heterocycles. The van der Waals surface area contributed by atoms with E-state index in [1.165, 1.54) is 23.8 Å². The first-order chi connectivity index (χ1) is 9.94. The van der Waals surface area contributed by atoms with Gasteiger partial charge < -0.3 is 5.32 Å². The van der Waals surface area contributed by atoms with E-state index in [0.717, 1.165) is 25.7 Å². The zero-order chi connectivity index (χ0) is 15.5. The molecule has 2 N–H and O–H groups in total. The van der Waals surface area contributed by atoms with Crippen LogP contribution in [0.1, 0.15) is 53.6 Å². The summed E-state index contributed by atoms with van der Waals surface area (Å²) in [6.07, 6.45) is 5.11. The number of hydrogen-bond donors (Lipinski definition) is 2. The summed E-state index contributed by atoms with van der Waals surface area (Å²) in [6, 6.07) is 1.51. The van der Waals surface area contributed by atoms with Crippen LogP contribution in [0.4, 0.5) is 0 Å². The average molecular weight is 330 g/mol. The van der Waals surface area contributed by atoms with Crippen molar-refractivity contribution in [2.45, 2.75) is 56.9 Å². The molecule has 0 aliphatic heterocycles. The number of sulfonamides is 1. The Morgan fingerprint density at radius 2 is 2.00 bits per heavy atom. The molecule has 2 rings (SSSR count). The molecule has 1 aromatic heterocycles. The van der Waals surface area contributed by atoms with E-state index in [1.54, 1.807) is 6.92 Å².